The number of hydrazone groups is 1. The van der Waals surface area contributed by atoms with Gasteiger partial charge in [-0.2, -0.15) is 10.1 Å². The van der Waals surface area contributed by atoms with Gasteiger partial charge in [0.25, 0.3) is 5.91 Å². The molecule has 25 heavy (non-hydrogen) atoms. The van der Waals surface area contributed by atoms with Crippen LogP contribution in [0.2, 0.25) is 0 Å². The van der Waals surface area contributed by atoms with Crippen molar-refractivity contribution in [2.24, 2.45) is 5.10 Å². The zero-order valence-electron chi connectivity index (χ0n) is 13.0. The predicted molar refractivity (Wildman–Crippen MR) is 93.5 cm³/mol. The lowest BCUT2D eigenvalue weighted by Gasteiger charge is -2.03. The van der Waals surface area contributed by atoms with Gasteiger partial charge in [-0.15, -0.1) is 0 Å². The minimum absolute atomic E-state index is 0.0571. The van der Waals surface area contributed by atoms with Gasteiger partial charge in [-0.25, -0.2) is 10.2 Å². The third kappa shape index (κ3) is 4.17. The van der Waals surface area contributed by atoms with E-state index in [2.05, 4.69) is 20.5 Å². The molecule has 0 radical (unpaired) electrons. The van der Waals surface area contributed by atoms with Crippen LogP contribution in [-0.2, 0) is 0 Å². The van der Waals surface area contributed by atoms with Crippen molar-refractivity contribution < 1.29 is 9.90 Å². The molecule has 1 aromatic heterocycles. The van der Waals surface area contributed by atoms with Gasteiger partial charge in [-0.05, 0) is 35.9 Å². The van der Waals surface area contributed by atoms with Crippen molar-refractivity contribution >= 4 is 12.1 Å². The van der Waals surface area contributed by atoms with Crippen LogP contribution in [-0.4, -0.2) is 27.2 Å². The number of carbonyl (C=O) groups is 1. The predicted octanol–water partition coefficient (Wildman–Crippen LogP) is 1.91. The number of aromatic nitrogens is 2. The summed E-state index contributed by atoms with van der Waals surface area (Å²) in [6, 6.07) is 16.9. The molecule has 1 amide bonds. The van der Waals surface area contributed by atoms with E-state index < -0.39 is 11.6 Å². The maximum absolute atomic E-state index is 12.2. The van der Waals surface area contributed by atoms with Crippen LogP contribution >= 0.6 is 0 Å². The van der Waals surface area contributed by atoms with Crippen LogP contribution in [0.5, 0.6) is 5.75 Å². The third-order valence-electron chi connectivity index (χ3n) is 3.33. The second kappa shape index (κ2) is 7.22. The summed E-state index contributed by atoms with van der Waals surface area (Å²) in [4.78, 5) is 30.1. The quantitative estimate of drug-likeness (QED) is 0.500. The van der Waals surface area contributed by atoms with E-state index in [0.717, 1.165) is 5.56 Å². The zero-order valence-corrected chi connectivity index (χ0v) is 13.0. The molecule has 0 bridgehead atoms. The Labute approximate surface area is 142 Å². The molecule has 7 heteroatoms. The van der Waals surface area contributed by atoms with E-state index in [1.54, 1.807) is 24.3 Å². The Morgan fingerprint density at radius 3 is 2.56 bits per heavy atom. The molecule has 0 fully saturated rings. The first-order valence-corrected chi connectivity index (χ1v) is 7.41. The van der Waals surface area contributed by atoms with Crippen LogP contribution in [0.1, 0.15) is 16.1 Å². The number of hydrogen-bond donors (Lipinski definition) is 3. The van der Waals surface area contributed by atoms with Gasteiger partial charge in [0.1, 0.15) is 11.4 Å². The Morgan fingerprint density at radius 1 is 1.12 bits per heavy atom. The van der Waals surface area contributed by atoms with Crippen molar-refractivity contribution in [3.8, 4) is 17.0 Å². The monoisotopic (exact) mass is 334 g/mol. The van der Waals surface area contributed by atoms with Crippen molar-refractivity contribution in [2.45, 2.75) is 0 Å². The molecule has 0 aliphatic rings. The number of nitrogens with one attached hydrogen (secondary N) is 2. The number of aromatic hydroxyl groups is 1. The fourth-order valence-electron chi connectivity index (χ4n) is 2.12. The van der Waals surface area contributed by atoms with Gasteiger partial charge in [-0.1, -0.05) is 30.3 Å². The largest absolute Gasteiger partial charge is 0.508 e. The highest BCUT2D eigenvalue weighted by Gasteiger charge is 2.09. The topological polar surface area (TPSA) is 107 Å². The first-order valence-electron chi connectivity index (χ1n) is 7.41. The van der Waals surface area contributed by atoms with Gasteiger partial charge in [0.2, 0.25) is 0 Å². The van der Waals surface area contributed by atoms with Crippen LogP contribution in [0, 0.1) is 0 Å². The average molecular weight is 334 g/mol. The van der Waals surface area contributed by atoms with Gasteiger partial charge in [0, 0.05) is 5.56 Å². The highest BCUT2D eigenvalue weighted by Crippen LogP contribution is 2.15. The maximum Gasteiger partial charge on any atom is 0.346 e. The van der Waals surface area contributed by atoms with Crippen LogP contribution < -0.4 is 11.1 Å². The third-order valence-corrected chi connectivity index (χ3v) is 3.33. The molecule has 0 aliphatic carbocycles. The van der Waals surface area contributed by atoms with Crippen LogP contribution in [0.3, 0.4) is 0 Å². The Bertz CT molecular complexity index is 964. The molecule has 0 aliphatic heterocycles. The van der Waals surface area contributed by atoms with Crippen molar-refractivity contribution in [3.05, 3.63) is 82.4 Å². The molecule has 3 N–H and O–H groups in total. The number of carbonyl (C=O) groups excluding carboxylic acids is 1. The Morgan fingerprint density at radius 2 is 1.84 bits per heavy atom. The number of phenolic OH excluding ortho intramolecular Hbond substituents is 1. The summed E-state index contributed by atoms with van der Waals surface area (Å²) in [5, 5.41) is 13.0. The van der Waals surface area contributed by atoms with Crippen LogP contribution in [0.4, 0.5) is 0 Å². The smallest absolute Gasteiger partial charge is 0.346 e. The summed E-state index contributed by atoms with van der Waals surface area (Å²) >= 11 is 0. The summed E-state index contributed by atoms with van der Waals surface area (Å²) in [6.07, 6.45) is 1.43. The van der Waals surface area contributed by atoms with E-state index in [4.69, 9.17) is 0 Å². The highest BCUT2D eigenvalue weighted by atomic mass is 16.3. The lowest BCUT2D eigenvalue weighted by molar-refractivity contribution is 0.0949. The van der Waals surface area contributed by atoms with Crippen molar-refractivity contribution in [1.82, 2.24) is 15.4 Å². The summed E-state index contributed by atoms with van der Waals surface area (Å²) in [6.45, 7) is 0. The number of hydrogen-bond acceptors (Lipinski definition) is 5. The fourth-order valence-corrected chi connectivity index (χ4v) is 2.12. The maximum atomic E-state index is 12.2. The summed E-state index contributed by atoms with van der Waals surface area (Å²) in [5.41, 5.74) is 3.61. The average Bonchev–Trinajstić information content (AvgIpc) is 2.63. The number of rotatable bonds is 4. The van der Waals surface area contributed by atoms with Gasteiger partial charge in [0.05, 0.1) is 11.9 Å². The zero-order chi connectivity index (χ0) is 17.6. The lowest BCUT2D eigenvalue weighted by atomic mass is 10.1. The second-order valence-electron chi connectivity index (χ2n) is 5.14. The lowest BCUT2D eigenvalue weighted by Crippen LogP contribution is -2.24. The summed E-state index contributed by atoms with van der Waals surface area (Å²) < 4.78 is 0. The Kier molecular flexibility index (Phi) is 4.66. The van der Waals surface area contributed by atoms with Crippen LogP contribution in [0.25, 0.3) is 11.3 Å². The molecule has 7 nitrogen and oxygen atoms in total. The molecule has 1 heterocycles. The van der Waals surface area contributed by atoms with Gasteiger partial charge in [0.15, 0.2) is 0 Å². The van der Waals surface area contributed by atoms with E-state index in [1.807, 2.05) is 18.2 Å². The Balaban J connectivity index is 1.77. The standard InChI is InChI=1S/C18H14N4O3/c23-14-8-6-12(7-9-14)11-19-22-17(24)16-10-15(20-18(25)21-16)13-4-2-1-3-5-13/h1-11,23H,(H,22,24)(H,20,21,25)/b19-11+. The molecule has 0 unspecified atom stereocenters. The molecule has 3 aromatic rings. The molecule has 0 saturated heterocycles. The van der Waals surface area contributed by atoms with E-state index in [-0.39, 0.29) is 11.4 Å². The number of aromatic amines is 1. The van der Waals surface area contributed by atoms with Crippen molar-refractivity contribution in [2.75, 3.05) is 0 Å². The molecule has 0 spiro atoms. The number of benzene rings is 2. The molecular weight excluding hydrogens is 320 g/mol. The minimum atomic E-state index is -0.617. The number of amides is 1. The van der Waals surface area contributed by atoms with Crippen molar-refractivity contribution in [3.63, 3.8) is 0 Å². The van der Waals surface area contributed by atoms with Gasteiger partial charge < -0.3 is 10.1 Å². The highest BCUT2D eigenvalue weighted by molar-refractivity contribution is 5.93. The van der Waals surface area contributed by atoms with Gasteiger partial charge >= 0.3 is 5.69 Å². The number of nitrogens with zero attached hydrogens (tertiary/aromatic N) is 2. The summed E-state index contributed by atoms with van der Waals surface area (Å²) in [5.74, 6) is -0.421. The van der Waals surface area contributed by atoms with E-state index in [0.29, 0.717) is 11.3 Å². The Hall–Kier alpha value is -3.74. The summed E-state index contributed by atoms with van der Waals surface area (Å²) in [7, 11) is 0. The number of phenols is 1. The molecule has 0 atom stereocenters. The van der Waals surface area contributed by atoms with E-state index >= 15 is 0 Å². The molecule has 0 saturated carbocycles. The molecule has 124 valence electrons. The van der Waals surface area contributed by atoms with E-state index in [9.17, 15) is 14.7 Å². The first-order chi connectivity index (χ1) is 12.1. The normalized spacial score (nSPS) is 10.7. The second-order valence-corrected chi connectivity index (χ2v) is 5.14. The number of H-pyrrole nitrogens is 1. The molecule has 3 rings (SSSR count). The van der Waals surface area contributed by atoms with Gasteiger partial charge in [-0.3, -0.25) is 4.79 Å². The minimum Gasteiger partial charge on any atom is -0.508 e. The first kappa shape index (κ1) is 16.1. The molecule has 2 aromatic carbocycles. The fraction of sp³-hybridized carbons (Fsp3) is 0. The van der Waals surface area contributed by atoms with E-state index in [1.165, 1.54) is 24.4 Å². The molecular formula is C18H14N4O3. The van der Waals surface area contributed by atoms with Crippen LogP contribution in [0.15, 0.2) is 70.6 Å². The van der Waals surface area contributed by atoms with Crippen molar-refractivity contribution in [1.29, 1.82) is 0 Å². The SMILES string of the molecule is O=C(N/N=C/c1ccc(O)cc1)c1cc(-c2ccccc2)nc(=O)[nH]1.